The second-order valence-electron chi connectivity index (χ2n) is 5.50. The summed E-state index contributed by atoms with van der Waals surface area (Å²) in [4.78, 5) is 0. The summed E-state index contributed by atoms with van der Waals surface area (Å²) in [6.07, 6.45) is 2.39. The molecule has 0 amide bonds. The number of phenols is 2. The van der Waals surface area contributed by atoms with Crippen LogP contribution in [0.15, 0.2) is 24.3 Å². The minimum atomic E-state index is 0.0880. The molecule has 0 aliphatic heterocycles. The minimum Gasteiger partial charge on any atom is -0.508 e. The van der Waals surface area contributed by atoms with Crippen LogP contribution in [0.5, 0.6) is 11.5 Å². The average molecular weight is 268 g/mol. The first-order chi connectivity index (χ1) is 8.91. The van der Waals surface area contributed by atoms with Gasteiger partial charge >= 0.3 is 0 Å². The van der Waals surface area contributed by atoms with Crippen molar-refractivity contribution in [2.75, 3.05) is 13.2 Å². The van der Waals surface area contributed by atoms with E-state index < -0.39 is 0 Å². The molecule has 0 spiro atoms. The smallest absolute Gasteiger partial charge is 0.119 e. The zero-order valence-electron chi connectivity index (χ0n) is 12.6. The molecule has 0 aliphatic rings. The van der Waals surface area contributed by atoms with Gasteiger partial charge in [0.15, 0.2) is 0 Å². The van der Waals surface area contributed by atoms with Crippen molar-refractivity contribution in [3.8, 4) is 11.5 Å². The topological polar surface area (TPSA) is 49.7 Å². The molecule has 0 fully saturated rings. The van der Waals surface area contributed by atoms with Gasteiger partial charge in [-0.2, -0.15) is 0 Å². The monoisotopic (exact) mass is 268 g/mol. The van der Waals surface area contributed by atoms with E-state index in [1.807, 2.05) is 0 Å². The lowest BCUT2D eigenvalue weighted by Crippen LogP contribution is -2.02. The third kappa shape index (κ3) is 13.0. The summed E-state index contributed by atoms with van der Waals surface area (Å²) in [5, 5.41) is 17.3. The van der Waals surface area contributed by atoms with Gasteiger partial charge in [-0.15, -0.1) is 0 Å². The first-order valence-electron chi connectivity index (χ1n) is 6.97. The van der Waals surface area contributed by atoms with Crippen LogP contribution >= 0.6 is 0 Å². The summed E-state index contributed by atoms with van der Waals surface area (Å²) in [5.74, 6) is 1.72. The zero-order chi connectivity index (χ0) is 14.7. The van der Waals surface area contributed by atoms with Gasteiger partial charge in [0.25, 0.3) is 0 Å². The maximum Gasteiger partial charge on any atom is 0.119 e. The number of aromatic hydroxyl groups is 2. The summed E-state index contributed by atoms with van der Waals surface area (Å²) in [6.45, 7) is 10.8. The highest BCUT2D eigenvalue weighted by atomic mass is 16.5. The molecule has 19 heavy (non-hydrogen) atoms. The van der Waals surface area contributed by atoms with Crippen LogP contribution in [0.4, 0.5) is 0 Å². The zero-order valence-corrected chi connectivity index (χ0v) is 12.6. The van der Waals surface area contributed by atoms with Gasteiger partial charge in [0.05, 0.1) is 0 Å². The Kier molecular flexibility index (Phi) is 9.99. The van der Waals surface area contributed by atoms with Crippen LogP contribution in [0.1, 0.15) is 40.5 Å². The van der Waals surface area contributed by atoms with Gasteiger partial charge in [0, 0.05) is 19.3 Å². The molecule has 0 atom stereocenters. The fraction of sp³-hybridized carbons (Fsp3) is 0.625. The van der Waals surface area contributed by atoms with Crippen molar-refractivity contribution in [3.63, 3.8) is 0 Å². The lowest BCUT2D eigenvalue weighted by atomic mass is 10.1. The molecule has 0 radical (unpaired) electrons. The molecule has 1 rings (SSSR count). The molecule has 0 heterocycles. The fourth-order valence-electron chi connectivity index (χ4n) is 1.23. The molecular formula is C16H28O3. The van der Waals surface area contributed by atoms with Crippen molar-refractivity contribution in [2.24, 2.45) is 11.8 Å². The lowest BCUT2D eigenvalue weighted by Gasteiger charge is -2.07. The Balaban J connectivity index is 0.000000356. The predicted molar refractivity (Wildman–Crippen MR) is 79.5 cm³/mol. The Morgan fingerprint density at radius 2 is 1.32 bits per heavy atom. The maximum absolute atomic E-state index is 8.65. The van der Waals surface area contributed by atoms with Crippen LogP contribution in [0.2, 0.25) is 0 Å². The van der Waals surface area contributed by atoms with E-state index in [1.165, 1.54) is 31.0 Å². The van der Waals surface area contributed by atoms with Gasteiger partial charge in [-0.05, 0) is 36.8 Å². The third-order valence-corrected chi connectivity index (χ3v) is 2.51. The molecular weight excluding hydrogens is 240 g/mol. The number of hydrogen-bond acceptors (Lipinski definition) is 3. The third-order valence-electron chi connectivity index (χ3n) is 2.51. The van der Waals surface area contributed by atoms with E-state index in [0.29, 0.717) is 0 Å². The van der Waals surface area contributed by atoms with E-state index in [1.54, 1.807) is 6.07 Å². The standard InChI is InChI=1S/C10H22O.C6H6O2/c1-9(2)5-7-11-8-6-10(3)4;7-5-2-1-3-6(8)4-5/h9-10H,5-8H2,1-4H3;1-4,7-8H. The van der Waals surface area contributed by atoms with Gasteiger partial charge < -0.3 is 14.9 Å². The van der Waals surface area contributed by atoms with Crippen LogP contribution < -0.4 is 0 Å². The highest BCUT2D eigenvalue weighted by molar-refractivity contribution is 5.30. The molecule has 0 unspecified atom stereocenters. The Labute approximate surface area is 117 Å². The largest absolute Gasteiger partial charge is 0.508 e. The molecule has 1 aromatic carbocycles. The predicted octanol–water partition coefficient (Wildman–Crippen LogP) is 4.19. The Morgan fingerprint density at radius 1 is 0.895 bits per heavy atom. The number of phenolic OH excluding ortho intramolecular Hbond substituents is 2. The SMILES string of the molecule is CC(C)CCOCCC(C)C.Oc1cccc(O)c1. The van der Waals surface area contributed by atoms with Gasteiger partial charge in [-0.1, -0.05) is 33.8 Å². The summed E-state index contributed by atoms with van der Waals surface area (Å²) in [5.41, 5.74) is 0. The van der Waals surface area contributed by atoms with Crippen molar-refractivity contribution < 1.29 is 14.9 Å². The molecule has 1 aromatic rings. The second kappa shape index (κ2) is 10.7. The molecule has 0 saturated heterocycles. The first-order valence-corrected chi connectivity index (χ1v) is 6.97. The summed E-state index contributed by atoms with van der Waals surface area (Å²) < 4.78 is 5.46. The Hall–Kier alpha value is -1.22. The number of benzene rings is 1. The molecule has 3 nitrogen and oxygen atoms in total. The van der Waals surface area contributed by atoms with Crippen LogP contribution in [0, 0.1) is 11.8 Å². The maximum atomic E-state index is 8.65. The lowest BCUT2D eigenvalue weighted by molar-refractivity contribution is 0.114. The van der Waals surface area contributed by atoms with Crippen LogP contribution in [-0.2, 0) is 4.74 Å². The molecule has 0 aliphatic carbocycles. The van der Waals surface area contributed by atoms with Crippen LogP contribution in [-0.4, -0.2) is 23.4 Å². The van der Waals surface area contributed by atoms with E-state index in [-0.39, 0.29) is 11.5 Å². The average Bonchev–Trinajstić information content (AvgIpc) is 2.28. The number of ether oxygens (including phenoxy) is 1. The van der Waals surface area contributed by atoms with Crippen molar-refractivity contribution in [1.82, 2.24) is 0 Å². The van der Waals surface area contributed by atoms with Gasteiger partial charge in [-0.3, -0.25) is 0 Å². The van der Waals surface area contributed by atoms with E-state index in [9.17, 15) is 0 Å². The van der Waals surface area contributed by atoms with Crippen molar-refractivity contribution in [1.29, 1.82) is 0 Å². The summed E-state index contributed by atoms with van der Waals surface area (Å²) in [6, 6.07) is 5.85. The number of rotatable bonds is 6. The van der Waals surface area contributed by atoms with Gasteiger partial charge in [0.2, 0.25) is 0 Å². The van der Waals surface area contributed by atoms with E-state index in [4.69, 9.17) is 14.9 Å². The first kappa shape index (κ1) is 17.8. The number of hydrogen-bond donors (Lipinski definition) is 2. The van der Waals surface area contributed by atoms with Crippen LogP contribution in [0.3, 0.4) is 0 Å². The molecule has 110 valence electrons. The second-order valence-corrected chi connectivity index (χ2v) is 5.50. The highest BCUT2D eigenvalue weighted by Crippen LogP contribution is 2.14. The molecule has 3 heteroatoms. The van der Waals surface area contributed by atoms with E-state index in [0.717, 1.165) is 25.0 Å². The van der Waals surface area contributed by atoms with Crippen LogP contribution in [0.25, 0.3) is 0 Å². The Morgan fingerprint density at radius 3 is 1.58 bits per heavy atom. The van der Waals surface area contributed by atoms with Crippen molar-refractivity contribution >= 4 is 0 Å². The normalized spacial score (nSPS) is 10.4. The van der Waals surface area contributed by atoms with Crippen molar-refractivity contribution in [3.05, 3.63) is 24.3 Å². The quantitative estimate of drug-likeness (QED) is 0.760. The Bertz CT molecular complexity index is 294. The molecule has 0 saturated carbocycles. The van der Waals surface area contributed by atoms with Gasteiger partial charge in [-0.25, -0.2) is 0 Å². The van der Waals surface area contributed by atoms with Gasteiger partial charge in [0.1, 0.15) is 11.5 Å². The van der Waals surface area contributed by atoms with Crippen molar-refractivity contribution in [2.45, 2.75) is 40.5 Å². The highest BCUT2D eigenvalue weighted by Gasteiger charge is 1.95. The molecule has 0 bridgehead atoms. The van der Waals surface area contributed by atoms with E-state index >= 15 is 0 Å². The van der Waals surface area contributed by atoms with E-state index in [2.05, 4.69) is 27.7 Å². The molecule has 0 aromatic heterocycles. The fourth-order valence-corrected chi connectivity index (χ4v) is 1.23. The summed E-state index contributed by atoms with van der Waals surface area (Å²) in [7, 11) is 0. The minimum absolute atomic E-state index is 0.0880. The summed E-state index contributed by atoms with van der Waals surface area (Å²) >= 11 is 0. The molecule has 2 N–H and O–H groups in total.